The van der Waals surface area contributed by atoms with Crippen LogP contribution in [-0.2, 0) is 9.53 Å². The summed E-state index contributed by atoms with van der Waals surface area (Å²) in [7, 11) is 0. The van der Waals surface area contributed by atoms with Crippen LogP contribution < -0.4 is 15.4 Å². The number of hydrogen-bond donors (Lipinski definition) is 2. The number of amides is 1. The highest BCUT2D eigenvalue weighted by molar-refractivity contribution is 5.84. The number of ether oxygens (including phenoxy) is 2. The molecule has 0 bridgehead atoms. The van der Waals surface area contributed by atoms with E-state index in [1.54, 1.807) is 0 Å². The summed E-state index contributed by atoms with van der Waals surface area (Å²) in [6.45, 7) is 9.41. The number of benzene rings is 1. The van der Waals surface area contributed by atoms with Gasteiger partial charge in [-0.3, -0.25) is 4.79 Å². The van der Waals surface area contributed by atoms with Crippen LogP contribution in [-0.4, -0.2) is 36.8 Å². The van der Waals surface area contributed by atoms with Gasteiger partial charge in [0.2, 0.25) is 5.91 Å². The Morgan fingerprint density at radius 3 is 2.67 bits per heavy atom. The van der Waals surface area contributed by atoms with Gasteiger partial charge in [-0.1, -0.05) is 6.92 Å². The van der Waals surface area contributed by atoms with Gasteiger partial charge in [0.15, 0.2) is 0 Å². The fourth-order valence-electron chi connectivity index (χ4n) is 2.46. The van der Waals surface area contributed by atoms with Crippen molar-refractivity contribution in [1.29, 1.82) is 0 Å². The molecular formula is C19H30N2O3. The highest BCUT2D eigenvalue weighted by atomic mass is 16.5. The van der Waals surface area contributed by atoms with Crippen molar-refractivity contribution >= 4 is 11.6 Å². The SMILES string of the molecule is CCC(C)(C)NC(=O)C(C)Nc1ccc(OCC2CCCO2)cc1. The summed E-state index contributed by atoms with van der Waals surface area (Å²) < 4.78 is 11.3. The summed E-state index contributed by atoms with van der Waals surface area (Å²) in [5, 5.41) is 6.27. The number of hydrogen-bond acceptors (Lipinski definition) is 4. The third-order valence-corrected chi connectivity index (χ3v) is 4.44. The Labute approximate surface area is 145 Å². The summed E-state index contributed by atoms with van der Waals surface area (Å²) in [4.78, 5) is 12.2. The first-order valence-corrected chi connectivity index (χ1v) is 8.82. The van der Waals surface area contributed by atoms with Crippen LogP contribution in [0.2, 0.25) is 0 Å². The highest BCUT2D eigenvalue weighted by Gasteiger charge is 2.21. The molecule has 0 saturated carbocycles. The number of nitrogens with one attached hydrogen (secondary N) is 2. The highest BCUT2D eigenvalue weighted by Crippen LogP contribution is 2.19. The fourth-order valence-corrected chi connectivity index (χ4v) is 2.46. The van der Waals surface area contributed by atoms with Gasteiger partial charge in [-0.2, -0.15) is 0 Å². The number of carbonyl (C=O) groups is 1. The standard InChI is InChI=1S/C19H30N2O3/c1-5-19(3,4)21-18(22)14(2)20-15-8-10-16(11-9-15)24-13-17-7-6-12-23-17/h8-11,14,17,20H,5-7,12-13H2,1-4H3,(H,21,22). The lowest BCUT2D eigenvalue weighted by molar-refractivity contribution is -0.123. The zero-order chi connectivity index (χ0) is 17.6. The van der Waals surface area contributed by atoms with Gasteiger partial charge in [-0.15, -0.1) is 0 Å². The lowest BCUT2D eigenvalue weighted by atomic mass is 10.0. The Balaban J connectivity index is 1.80. The van der Waals surface area contributed by atoms with Crippen molar-refractivity contribution in [1.82, 2.24) is 5.32 Å². The van der Waals surface area contributed by atoms with Gasteiger partial charge in [-0.05, 0) is 64.3 Å². The van der Waals surface area contributed by atoms with Gasteiger partial charge in [0.1, 0.15) is 18.4 Å². The Morgan fingerprint density at radius 2 is 2.08 bits per heavy atom. The molecule has 1 saturated heterocycles. The summed E-state index contributed by atoms with van der Waals surface area (Å²) in [6, 6.07) is 7.39. The van der Waals surface area contributed by atoms with E-state index in [4.69, 9.17) is 9.47 Å². The van der Waals surface area contributed by atoms with E-state index in [2.05, 4.69) is 17.6 Å². The van der Waals surface area contributed by atoms with E-state index >= 15 is 0 Å². The summed E-state index contributed by atoms with van der Waals surface area (Å²) in [5.74, 6) is 0.820. The van der Waals surface area contributed by atoms with Gasteiger partial charge in [0.05, 0.1) is 6.10 Å². The maximum Gasteiger partial charge on any atom is 0.242 e. The Kier molecular flexibility index (Phi) is 6.49. The van der Waals surface area contributed by atoms with Crippen LogP contribution in [0.4, 0.5) is 5.69 Å². The van der Waals surface area contributed by atoms with Crippen molar-refractivity contribution in [2.75, 3.05) is 18.5 Å². The molecule has 2 N–H and O–H groups in total. The van der Waals surface area contributed by atoms with Crippen LogP contribution in [0.15, 0.2) is 24.3 Å². The van der Waals surface area contributed by atoms with E-state index in [0.717, 1.165) is 37.3 Å². The minimum Gasteiger partial charge on any atom is -0.491 e. The molecule has 5 nitrogen and oxygen atoms in total. The molecule has 1 aliphatic heterocycles. The van der Waals surface area contributed by atoms with Crippen molar-refractivity contribution in [3.8, 4) is 5.75 Å². The van der Waals surface area contributed by atoms with Crippen molar-refractivity contribution in [2.45, 2.75) is 64.6 Å². The molecule has 1 heterocycles. The second-order valence-electron chi connectivity index (χ2n) is 7.06. The van der Waals surface area contributed by atoms with Crippen LogP contribution in [0.5, 0.6) is 5.75 Å². The molecule has 5 heteroatoms. The topological polar surface area (TPSA) is 59.6 Å². The largest absolute Gasteiger partial charge is 0.491 e. The maximum atomic E-state index is 12.2. The van der Waals surface area contributed by atoms with Gasteiger partial charge >= 0.3 is 0 Å². The van der Waals surface area contributed by atoms with Crippen LogP contribution in [0.1, 0.15) is 47.0 Å². The van der Waals surface area contributed by atoms with Gasteiger partial charge in [0, 0.05) is 17.8 Å². The Morgan fingerprint density at radius 1 is 1.38 bits per heavy atom. The molecule has 0 aliphatic carbocycles. The van der Waals surface area contributed by atoms with E-state index in [1.165, 1.54) is 0 Å². The Hall–Kier alpha value is -1.75. The zero-order valence-corrected chi connectivity index (χ0v) is 15.2. The first-order valence-electron chi connectivity index (χ1n) is 8.82. The van der Waals surface area contributed by atoms with Crippen molar-refractivity contribution in [3.05, 3.63) is 24.3 Å². The predicted molar refractivity (Wildman–Crippen MR) is 96.5 cm³/mol. The third-order valence-electron chi connectivity index (χ3n) is 4.44. The van der Waals surface area contributed by atoms with E-state index in [-0.39, 0.29) is 23.6 Å². The monoisotopic (exact) mass is 334 g/mol. The average Bonchev–Trinajstić information content (AvgIpc) is 3.07. The first kappa shape index (κ1) is 18.6. The molecule has 0 radical (unpaired) electrons. The molecule has 24 heavy (non-hydrogen) atoms. The Bertz CT molecular complexity index is 522. The molecule has 0 spiro atoms. The second-order valence-corrected chi connectivity index (χ2v) is 7.06. The number of anilines is 1. The first-order chi connectivity index (χ1) is 11.4. The molecule has 1 aromatic carbocycles. The van der Waals surface area contributed by atoms with Crippen molar-refractivity contribution < 1.29 is 14.3 Å². The van der Waals surface area contributed by atoms with Crippen LogP contribution in [0.3, 0.4) is 0 Å². The summed E-state index contributed by atoms with van der Waals surface area (Å²) >= 11 is 0. The zero-order valence-electron chi connectivity index (χ0n) is 15.2. The minimum atomic E-state index is -0.297. The van der Waals surface area contributed by atoms with E-state index in [1.807, 2.05) is 45.0 Å². The third kappa shape index (κ3) is 5.71. The van der Waals surface area contributed by atoms with E-state index < -0.39 is 0 Å². The molecule has 2 unspecified atom stereocenters. The number of rotatable bonds is 8. The molecular weight excluding hydrogens is 304 g/mol. The molecule has 1 aliphatic rings. The predicted octanol–water partition coefficient (Wildman–Crippen LogP) is 3.35. The summed E-state index contributed by atoms with van der Waals surface area (Å²) in [5.41, 5.74) is 0.712. The molecule has 134 valence electrons. The quantitative estimate of drug-likeness (QED) is 0.765. The molecule has 0 aromatic heterocycles. The van der Waals surface area contributed by atoms with Crippen LogP contribution in [0, 0.1) is 0 Å². The number of carbonyl (C=O) groups excluding carboxylic acids is 1. The van der Waals surface area contributed by atoms with Gasteiger partial charge < -0.3 is 20.1 Å². The van der Waals surface area contributed by atoms with Gasteiger partial charge in [0.25, 0.3) is 0 Å². The van der Waals surface area contributed by atoms with E-state index in [0.29, 0.717) is 6.61 Å². The van der Waals surface area contributed by atoms with Crippen molar-refractivity contribution in [3.63, 3.8) is 0 Å². The maximum absolute atomic E-state index is 12.2. The van der Waals surface area contributed by atoms with Crippen LogP contribution >= 0.6 is 0 Å². The second kappa shape index (κ2) is 8.38. The lowest BCUT2D eigenvalue weighted by Crippen LogP contribution is -2.48. The van der Waals surface area contributed by atoms with Crippen LogP contribution in [0.25, 0.3) is 0 Å². The smallest absolute Gasteiger partial charge is 0.242 e. The van der Waals surface area contributed by atoms with E-state index in [9.17, 15) is 4.79 Å². The molecule has 1 amide bonds. The minimum absolute atomic E-state index is 0.000517. The lowest BCUT2D eigenvalue weighted by Gasteiger charge is -2.27. The average molecular weight is 334 g/mol. The molecule has 1 fully saturated rings. The molecule has 2 atom stereocenters. The normalized spacial score (nSPS) is 18.9. The van der Waals surface area contributed by atoms with Gasteiger partial charge in [-0.25, -0.2) is 0 Å². The fraction of sp³-hybridized carbons (Fsp3) is 0.632. The molecule has 1 aromatic rings. The molecule has 2 rings (SSSR count). The summed E-state index contributed by atoms with van der Waals surface area (Å²) in [6.07, 6.45) is 3.29. The van der Waals surface area contributed by atoms with Crippen molar-refractivity contribution in [2.24, 2.45) is 0 Å².